The number of methoxy groups -OCH3 is 1. The van der Waals surface area contributed by atoms with Crippen LogP contribution in [0.25, 0.3) is 0 Å². The van der Waals surface area contributed by atoms with E-state index in [4.69, 9.17) is 4.74 Å². The molecule has 0 aliphatic carbocycles. The van der Waals surface area contributed by atoms with Crippen LogP contribution in [0.1, 0.15) is 10.4 Å². The van der Waals surface area contributed by atoms with Crippen LogP contribution < -0.4 is 10.1 Å². The fourth-order valence-electron chi connectivity index (χ4n) is 2.03. The number of halogens is 1. The number of likely N-dealkylation sites (N-methyl/N-ethyl adjacent to an activating group) is 1. The molecule has 0 fully saturated rings. The highest BCUT2D eigenvalue weighted by molar-refractivity contribution is 6.00. The largest absolute Gasteiger partial charge is 0.479 e. The molecule has 1 heterocycles. The van der Waals surface area contributed by atoms with E-state index in [-0.39, 0.29) is 18.0 Å². The van der Waals surface area contributed by atoms with Gasteiger partial charge in [0.05, 0.1) is 13.7 Å². The normalized spacial score (nSPS) is 10.3. The first-order valence-electron chi connectivity index (χ1n) is 6.79. The number of nitrogens with zero attached hydrogens (tertiary/aromatic N) is 3. The Kier molecular flexibility index (Phi) is 4.95. The number of hydrogen-bond donors (Lipinski definition) is 1. The number of nitrogens with one attached hydrogen (secondary N) is 1. The van der Waals surface area contributed by atoms with Gasteiger partial charge in [0.2, 0.25) is 11.8 Å². The van der Waals surface area contributed by atoms with Crippen molar-refractivity contribution in [2.24, 2.45) is 7.05 Å². The summed E-state index contributed by atoms with van der Waals surface area (Å²) in [6.07, 6.45) is 1.52. The highest BCUT2D eigenvalue weighted by Crippen LogP contribution is 2.16. The van der Waals surface area contributed by atoms with Crippen LogP contribution in [-0.2, 0) is 11.8 Å². The molecule has 0 unspecified atom stereocenters. The Morgan fingerprint density at radius 1 is 1.43 bits per heavy atom. The van der Waals surface area contributed by atoms with Gasteiger partial charge < -0.3 is 15.0 Å². The van der Waals surface area contributed by atoms with Gasteiger partial charge in [0, 0.05) is 26.0 Å². The summed E-state index contributed by atoms with van der Waals surface area (Å²) in [7, 11) is 4.56. The molecule has 0 bridgehead atoms. The molecule has 122 valence electrons. The van der Waals surface area contributed by atoms with Gasteiger partial charge in [0.25, 0.3) is 5.91 Å². The molecular weight excluding hydrogens is 303 g/mol. The molecule has 8 heteroatoms. The predicted molar refractivity (Wildman–Crippen MR) is 81.8 cm³/mol. The van der Waals surface area contributed by atoms with E-state index in [0.717, 1.165) is 0 Å². The molecule has 0 radical (unpaired) electrons. The molecular formula is C15H17FN4O3. The maximum absolute atomic E-state index is 13.1. The van der Waals surface area contributed by atoms with Crippen LogP contribution >= 0.6 is 0 Å². The van der Waals surface area contributed by atoms with Crippen molar-refractivity contribution < 1.29 is 18.7 Å². The minimum absolute atomic E-state index is 0.187. The molecule has 0 aliphatic heterocycles. The summed E-state index contributed by atoms with van der Waals surface area (Å²) in [4.78, 5) is 25.5. The lowest BCUT2D eigenvalue weighted by Gasteiger charge is -2.16. The van der Waals surface area contributed by atoms with Gasteiger partial charge in [-0.2, -0.15) is 0 Å². The van der Waals surface area contributed by atoms with Gasteiger partial charge in [-0.15, -0.1) is 5.10 Å². The second-order valence-corrected chi connectivity index (χ2v) is 4.95. The van der Waals surface area contributed by atoms with Crippen LogP contribution in [0.15, 0.2) is 30.5 Å². The SMILES string of the molecule is COc1nn(C)cc1C(=O)N(C)CC(=O)Nc1cccc(F)c1. The van der Waals surface area contributed by atoms with E-state index in [0.29, 0.717) is 5.69 Å². The Morgan fingerprint density at radius 3 is 2.83 bits per heavy atom. The van der Waals surface area contributed by atoms with Crippen LogP contribution in [0, 0.1) is 5.82 Å². The summed E-state index contributed by atoms with van der Waals surface area (Å²) >= 11 is 0. The van der Waals surface area contributed by atoms with Crippen molar-refractivity contribution >= 4 is 17.5 Å². The predicted octanol–water partition coefficient (Wildman–Crippen LogP) is 1.28. The number of amides is 2. The number of anilines is 1. The summed E-state index contributed by atoms with van der Waals surface area (Å²) in [6, 6.07) is 5.52. The molecule has 0 spiro atoms. The van der Waals surface area contributed by atoms with Gasteiger partial charge >= 0.3 is 0 Å². The Bertz CT molecular complexity index is 729. The van der Waals surface area contributed by atoms with Crippen molar-refractivity contribution in [2.45, 2.75) is 0 Å². The standard InChI is InChI=1S/C15H17FN4O3/c1-19(15(22)12-8-20(2)18-14(12)23-3)9-13(21)17-11-6-4-5-10(16)7-11/h4-8H,9H2,1-3H3,(H,17,21). The third kappa shape index (κ3) is 4.06. The maximum Gasteiger partial charge on any atom is 0.261 e. The number of carbonyl (C=O) groups is 2. The lowest BCUT2D eigenvalue weighted by molar-refractivity contribution is -0.116. The molecule has 2 amide bonds. The van der Waals surface area contributed by atoms with E-state index in [9.17, 15) is 14.0 Å². The van der Waals surface area contributed by atoms with E-state index in [1.165, 1.54) is 48.1 Å². The first kappa shape index (κ1) is 16.5. The highest BCUT2D eigenvalue weighted by Gasteiger charge is 2.21. The Morgan fingerprint density at radius 2 is 2.17 bits per heavy atom. The van der Waals surface area contributed by atoms with E-state index < -0.39 is 17.6 Å². The Balaban J connectivity index is 2.01. The molecule has 0 aliphatic rings. The molecule has 0 saturated heterocycles. The van der Waals surface area contributed by atoms with Gasteiger partial charge in [-0.1, -0.05) is 6.07 Å². The first-order chi connectivity index (χ1) is 10.9. The molecule has 23 heavy (non-hydrogen) atoms. The second-order valence-electron chi connectivity index (χ2n) is 4.95. The molecule has 1 aromatic carbocycles. The number of carbonyl (C=O) groups excluding carboxylic acids is 2. The average molecular weight is 320 g/mol. The van der Waals surface area contributed by atoms with Crippen molar-refractivity contribution in [1.29, 1.82) is 0 Å². The lowest BCUT2D eigenvalue weighted by Crippen LogP contribution is -2.35. The molecule has 2 aromatic rings. The number of ether oxygens (including phenoxy) is 1. The Hall–Kier alpha value is -2.90. The van der Waals surface area contributed by atoms with E-state index in [1.54, 1.807) is 13.1 Å². The number of benzene rings is 1. The maximum atomic E-state index is 13.1. The van der Waals surface area contributed by atoms with Crippen molar-refractivity contribution in [3.05, 3.63) is 41.8 Å². The topological polar surface area (TPSA) is 76.5 Å². The van der Waals surface area contributed by atoms with Crippen LogP contribution in [0.5, 0.6) is 5.88 Å². The average Bonchev–Trinajstić information content (AvgIpc) is 2.87. The fourth-order valence-corrected chi connectivity index (χ4v) is 2.03. The fraction of sp³-hybridized carbons (Fsp3) is 0.267. The summed E-state index contributed by atoms with van der Waals surface area (Å²) < 4.78 is 19.6. The number of aromatic nitrogens is 2. The molecule has 1 N–H and O–H groups in total. The van der Waals surface area contributed by atoms with Gasteiger partial charge in [0.15, 0.2) is 0 Å². The minimum atomic E-state index is -0.452. The number of hydrogen-bond acceptors (Lipinski definition) is 4. The Labute approximate surface area is 132 Å². The monoisotopic (exact) mass is 320 g/mol. The first-order valence-corrected chi connectivity index (χ1v) is 6.79. The van der Waals surface area contributed by atoms with Crippen molar-refractivity contribution in [3.63, 3.8) is 0 Å². The minimum Gasteiger partial charge on any atom is -0.479 e. The van der Waals surface area contributed by atoms with Crippen molar-refractivity contribution in [2.75, 3.05) is 26.0 Å². The molecule has 7 nitrogen and oxygen atoms in total. The zero-order chi connectivity index (χ0) is 17.0. The zero-order valence-corrected chi connectivity index (χ0v) is 13.0. The third-order valence-corrected chi connectivity index (χ3v) is 3.05. The number of rotatable bonds is 5. The molecule has 0 saturated carbocycles. The number of aryl methyl sites for hydroxylation is 1. The quantitative estimate of drug-likeness (QED) is 0.900. The summed E-state index contributed by atoms with van der Waals surface area (Å²) in [6.45, 7) is -0.187. The van der Waals surface area contributed by atoms with Gasteiger partial charge in [-0.05, 0) is 18.2 Å². The van der Waals surface area contributed by atoms with Gasteiger partial charge in [-0.3, -0.25) is 14.3 Å². The molecule has 0 atom stereocenters. The van der Waals surface area contributed by atoms with E-state index in [2.05, 4.69) is 10.4 Å². The van der Waals surface area contributed by atoms with Gasteiger partial charge in [0.1, 0.15) is 11.4 Å². The summed E-state index contributed by atoms with van der Waals surface area (Å²) in [5, 5.41) is 6.52. The van der Waals surface area contributed by atoms with Crippen LogP contribution in [0.3, 0.4) is 0 Å². The second kappa shape index (κ2) is 6.91. The third-order valence-electron chi connectivity index (χ3n) is 3.05. The summed E-state index contributed by atoms with van der Waals surface area (Å²) in [5.74, 6) is -1.10. The van der Waals surface area contributed by atoms with Gasteiger partial charge in [-0.25, -0.2) is 4.39 Å². The van der Waals surface area contributed by atoms with E-state index >= 15 is 0 Å². The van der Waals surface area contributed by atoms with Crippen LogP contribution in [-0.4, -0.2) is 47.2 Å². The zero-order valence-electron chi connectivity index (χ0n) is 13.0. The van der Waals surface area contributed by atoms with Crippen molar-refractivity contribution in [3.8, 4) is 5.88 Å². The summed E-state index contributed by atoms with van der Waals surface area (Å²) in [5.41, 5.74) is 0.589. The molecule has 1 aromatic heterocycles. The van der Waals surface area contributed by atoms with Crippen LogP contribution in [0.4, 0.5) is 10.1 Å². The van der Waals surface area contributed by atoms with Crippen molar-refractivity contribution in [1.82, 2.24) is 14.7 Å². The van der Waals surface area contributed by atoms with Crippen LogP contribution in [0.2, 0.25) is 0 Å². The molecule has 2 rings (SSSR count). The highest BCUT2D eigenvalue weighted by atomic mass is 19.1. The lowest BCUT2D eigenvalue weighted by atomic mass is 10.3. The smallest absolute Gasteiger partial charge is 0.261 e. The van der Waals surface area contributed by atoms with E-state index in [1.807, 2.05) is 0 Å².